The van der Waals surface area contributed by atoms with E-state index in [4.69, 9.17) is 29.6 Å². The highest BCUT2D eigenvalue weighted by Gasteiger charge is 2.14. The minimum absolute atomic E-state index is 0.250. The summed E-state index contributed by atoms with van der Waals surface area (Å²) in [7, 11) is 1.62. The summed E-state index contributed by atoms with van der Waals surface area (Å²) >= 11 is 11.0. The molecule has 6 nitrogen and oxygen atoms in total. The first-order valence-corrected chi connectivity index (χ1v) is 6.41. The Labute approximate surface area is 125 Å². The van der Waals surface area contributed by atoms with E-state index in [2.05, 4.69) is 15.7 Å². The number of hydrogen-bond acceptors (Lipinski definition) is 3. The lowest BCUT2D eigenvalue weighted by Gasteiger charge is -2.10. The maximum Gasteiger partial charge on any atom is 0.269 e. The Morgan fingerprint density at radius 3 is 2.85 bits per heavy atom. The molecule has 0 saturated heterocycles. The van der Waals surface area contributed by atoms with Gasteiger partial charge in [-0.25, -0.2) is 0 Å². The Hall–Kier alpha value is -2.12. The normalized spacial score (nSPS) is 10.1. The zero-order valence-corrected chi connectivity index (χ0v) is 12.1. The van der Waals surface area contributed by atoms with Gasteiger partial charge in [-0.2, -0.15) is 5.10 Å². The molecule has 0 bridgehead atoms. The second-order valence-electron chi connectivity index (χ2n) is 3.98. The lowest BCUT2D eigenvalue weighted by atomic mass is 10.3. The molecule has 104 valence electrons. The Balaban J connectivity index is 2.11. The Morgan fingerprint density at radius 1 is 1.45 bits per heavy atom. The molecule has 0 atom stereocenters. The summed E-state index contributed by atoms with van der Waals surface area (Å²) in [5, 5.41) is 10.7. The van der Waals surface area contributed by atoms with Gasteiger partial charge in [0, 0.05) is 17.8 Å². The number of anilines is 2. The molecular weight excluding hydrogens is 298 g/mol. The average molecular weight is 310 g/mol. The third kappa shape index (κ3) is 3.25. The zero-order valence-electron chi connectivity index (χ0n) is 10.6. The van der Waals surface area contributed by atoms with Crippen molar-refractivity contribution in [3.8, 4) is 0 Å². The van der Waals surface area contributed by atoms with Crippen molar-refractivity contribution in [2.75, 3.05) is 10.6 Å². The van der Waals surface area contributed by atoms with Crippen LogP contribution in [0.15, 0.2) is 30.5 Å². The summed E-state index contributed by atoms with van der Waals surface area (Å²) in [6.45, 7) is 0. The number of aryl methyl sites for hydroxylation is 1. The zero-order chi connectivity index (χ0) is 14.7. The number of nitrogens with zero attached hydrogens (tertiary/aromatic N) is 2. The number of primary amides is 1. The third-order valence-electron chi connectivity index (χ3n) is 2.50. The van der Waals surface area contributed by atoms with E-state index in [1.807, 2.05) is 6.07 Å². The van der Waals surface area contributed by atoms with Gasteiger partial charge >= 0.3 is 0 Å². The molecule has 8 heteroatoms. The third-order valence-corrected chi connectivity index (χ3v) is 2.94. The van der Waals surface area contributed by atoms with Crippen molar-refractivity contribution in [2.45, 2.75) is 0 Å². The number of halogens is 1. The minimum atomic E-state index is -0.585. The summed E-state index contributed by atoms with van der Waals surface area (Å²) in [4.78, 5) is 11.3. The van der Waals surface area contributed by atoms with Crippen LogP contribution in [-0.4, -0.2) is 20.8 Å². The molecule has 0 aliphatic carbocycles. The van der Waals surface area contributed by atoms with Crippen LogP contribution in [0.2, 0.25) is 5.02 Å². The van der Waals surface area contributed by atoms with E-state index in [9.17, 15) is 4.79 Å². The van der Waals surface area contributed by atoms with Crippen LogP contribution >= 0.6 is 23.8 Å². The quantitative estimate of drug-likeness (QED) is 0.755. The molecule has 0 spiro atoms. The van der Waals surface area contributed by atoms with Crippen LogP contribution in [0.3, 0.4) is 0 Å². The van der Waals surface area contributed by atoms with Crippen molar-refractivity contribution in [2.24, 2.45) is 12.8 Å². The summed E-state index contributed by atoms with van der Waals surface area (Å²) < 4.78 is 1.38. The van der Waals surface area contributed by atoms with Crippen LogP contribution in [0.25, 0.3) is 0 Å². The molecule has 20 heavy (non-hydrogen) atoms. The molecular formula is C12H12ClN5OS. The van der Waals surface area contributed by atoms with Crippen molar-refractivity contribution in [3.05, 3.63) is 41.2 Å². The van der Waals surface area contributed by atoms with Crippen molar-refractivity contribution < 1.29 is 4.79 Å². The van der Waals surface area contributed by atoms with E-state index >= 15 is 0 Å². The van der Waals surface area contributed by atoms with Crippen LogP contribution < -0.4 is 16.4 Å². The second kappa shape index (κ2) is 5.89. The highest BCUT2D eigenvalue weighted by Crippen LogP contribution is 2.17. The van der Waals surface area contributed by atoms with Gasteiger partial charge in [0.1, 0.15) is 5.69 Å². The van der Waals surface area contributed by atoms with E-state index in [0.29, 0.717) is 15.8 Å². The van der Waals surface area contributed by atoms with Gasteiger partial charge in [0.05, 0.1) is 11.9 Å². The average Bonchev–Trinajstić information content (AvgIpc) is 2.70. The van der Waals surface area contributed by atoms with E-state index in [1.54, 1.807) is 25.2 Å². The molecule has 1 aromatic carbocycles. The van der Waals surface area contributed by atoms with Crippen molar-refractivity contribution in [1.29, 1.82) is 0 Å². The number of amides is 1. The van der Waals surface area contributed by atoms with Gasteiger partial charge in [-0.1, -0.05) is 17.7 Å². The van der Waals surface area contributed by atoms with Crippen LogP contribution in [-0.2, 0) is 7.05 Å². The fraction of sp³-hybridized carbons (Fsp3) is 0.0833. The first-order chi connectivity index (χ1) is 9.47. The molecule has 0 saturated carbocycles. The molecule has 0 unspecified atom stereocenters. The van der Waals surface area contributed by atoms with Gasteiger partial charge in [0.15, 0.2) is 5.11 Å². The van der Waals surface area contributed by atoms with Crippen LogP contribution in [0, 0.1) is 0 Å². The van der Waals surface area contributed by atoms with E-state index in [1.165, 1.54) is 10.9 Å². The number of carbonyl (C=O) groups excluding carboxylic acids is 1. The molecule has 1 heterocycles. The Kier molecular flexibility index (Phi) is 4.21. The monoisotopic (exact) mass is 309 g/mol. The Bertz CT molecular complexity index is 670. The van der Waals surface area contributed by atoms with Gasteiger partial charge in [-0.3, -0.25) is 9.48 Å². The number of rotatable bonds is 3. The molecule has 4 N–H and O–H groups in total. The molecule has 2 rings (SSSR count). The standard InChI is InChI=1S/C12H12ClN5OS/c1-18-10(11(14)19)9(6-15-18)17-12(20)16-8-4-2-3-7(13)5-8/h2-6H,1H3,(H2,14,19)(H2,16,17,20). The summed E-state index contributed by atoms with van der Waals surface area (Å²) in [6, 6.07) is 7.10. The number of thiocarbonyl (C=S) groups is 1. The fourth-order valence-electron chi connectivity index (χ4n) is 1.67. The Morgan fingerprint density at radius 2 is 2.20 bits per heavy atom. The number of hydrogen-bond donors (Lipinski definition) is 3. The number of nitrogens with one attached hydrogen (secondary N) is 2. The fourth-order valence-corrected chi connectivity index (χ4v) is 2.09. The largest absolute Gasteiger partial charge is 0.364 e. The van der Waals surface area contributed by atoms with E-state index in [0.717, 1.165) is 5.69 Å². The molecule has 0 radical (unpaired) electrons. The second-order valence-corrected chi connectivity index (χ2v) is 4.83. The first kappa shape index (κ1) is 14.3. The van der Waals surface area contributed by atoms with Crippen LogP contribution in [0.5, 0.6) is 0 Å². The summed E-state index contributed by atoms with van der Waals surface area (Å²) in [5.74, 6) is -0.585. The maximum absolute atomic E-state index is 11.3. The maximum atomic E-state index is 11.3. The predicted octanol–water partition coefficient (Wildman–Crippen LogP) is 1.98. The number of nitrogens with two attached hydrogens (primary N) is 1. The molecule has 0 fully saturated rings. The minimum Gasteiger partial charge on any atom is -0.364 e. The van der Waals surface area contributed by atoms with E-state index in [-0.39, 0.29) is 5.69 Å². The van der Waals surface area contributed by atoms with Gasteiger partial charge < -0.3 is 16.4 Å². The van der Waals surface area contributed by atoms with Gasteiger partial charge in [-0.15, -0.1) is 0 Å². The van der Waals surface area contributed by atoms with Crippen molar-refractivity contribution in [1.82, 2.24) is 9.78 Å². The number of benzene rings is 1. The SMILES string of the molecule is Cn1ncc(NC(=S)Nc2cccc(Cl)c2)c1C(N)=O. The van der Waals surface area contributed by atoms with Gasteiger partial charge in [-0.05, 0) is 30.4 Å². The van der Waals surface area contributed by atoms with Crippen LogP contribution in [0.1, 0.15) is 10.5 Å². The van der Waals surface area contributed by atoms with E-state index < -0.39 is 5.91 Å². The smallest absolute Gasteiger partial charge is 0.269 e. The molecule has 0 aliphatic rings. The van der Waals surface area contributed by atoms with Crippen LogP contribution in [0.4, 0.5) is 11.4 Å². The molecule has 0 aliphatic heterocycles. The molecule has 1 amide bonds. The van der Waals surface area contributed by atoms with Gasteiger partial charge in [0.25, 0.3) is 5.91 Å². The van der Waals surface area contributed by atoms with Crippen molar-refractivity contribution >= 4 is 46.2 Å². The lowest BCUT2D eigenvalue weighted by Crippen LogP contribution is -2.23. The topological polar surface area (TPSA) is 85.0 Å². The molecule has 1 aromatic heterocycles. The highest BCUT2D eigenvalue weighted by atomic mass is 35.5. The number of aromatic nitrogens is 2. The summed E-state index contributed by atoms with van der Waals surface area (Å²) in [5.41, 5.74) is 6.72. The lowest BCUT2D eigenvalue weighted by molar-refractivity contribution is 0.0992. The highest BCUT2D eigenvalue weighted by molar-refractivity contribution is 7.80. The van der Waals surface area contributed by atoms with Gasteiger partial charge in [0.2, 0.25) is 0 Å². The summed E-state index contributed by atoms with van der Waals surface area (Å²) in [6.07, 6.45) is 1.48. The predicted molar refractivity (Wildman–Crippen MR) is 83.0 cm³/mol. The van der Waals surface area contributed by atoms with Crippen molar-refractivity contribution in [3.63, 3.8) is 0 Å². The molecule has 2 aromatic rings. The number of carbonyl (C=O) groups is 1. The first-order valence-electron chi connectivity index (χ1n) is 5.62.